The fraction of sp³-hybridized carbons (Fsp3) is 0.375. The van der Waals surface area contributed by atoms with Crippen molar-refractivity contribution in [2.45, 2.75) is 37.8 Å². The molecule has 38 heavy (non-hydrogen) atoms. The summed E-state index contributed by atoms with van der Waals surface area (Å²) in [7, 11) is 1.93. The Morgan fingerprint density at radius 1 is 0.842 bits per heavy atom. The normalized spacial score (nSPS) is 19.4. The van der Waals surface area contributed by atoms with E-state index in [1.165, 1.54) is 5.56 Å². The molecule has 0 aromatic heterocycles. The van der Waals surface area contributed by atoms with Crippen LogP contribution in [0.3, 0.4) is 0 Å². The molecule has 2 aliphatic rings. The second-order valence-electron chi connectivity index (χ2n) is 10.6. The van der Waals surface area contributed by atoms with Gasteiger partial charge in [-0.3, -0.25) is 4.79 Å². The highest BCUT2D eigenvalue weighted by atomic mass is 16.2. The number of carbonyl (C=O) groups excluding carboxylic acids is 2. The number of nitrogens with zero attached hydrogens (tertiary/aromatic N) is 3. The van der Waals surface area contributed by atoms with Gasteiger partial charge in [0.1, 0.15) is 0 Å². The number of urea groups is 1. The number of hydrogen-bond acceptors (Lipinski definition) is 3. The molecule has 2 heterocycles. The maximum Gasteiger partial charge on any atom is 0.320 e. The average Bonchev–Trinajstić information content (AvgIpc) is 3.63. The second kappa shape index (κ2) is 12.3. The van der Waals surface area contributed by atoms with Crippen LogP contribution >= 0.6 is 0 Å². The van der Waals surface area contributed by atoms with Gasteiger partial charge in [-0.2, -0.15) is 0 Å². The van der Waals surface area contributed by atoms with Crippen molar-refractivity contribution >= 4 is 11.9 Å². The van der Waals surface area contributed by atoms with E-state index in [-0.39, 0.29) is 24.0 Å². The summed E-state index contributed by atoms with van der Waals surface area (Å²) in [6.07, 6.45) is 4.02. The molecule has 198 valence electrons. The number of likely N-dealkylation sites (N-methyl/N-ethyl adjacent to an activating group) is 1. The van der Waals surface area contributed by atoms with Crippen LogP contribution < -0.4 is 5.32 Å². The summed E-state index contributed by atoms with van der Waals surface area (Å²) in [5, 5.41) is 3.13. The van der Waals surface area contributed by atoms with Crippen LogP contribution in [0, 0.1) is 0 Å². The predicted octanol–water partition coefficient (Wildman–Crippen LogP) is 4.92. The van der Waals surface area contributed by atoms with Crippen LogP contribution in [0.4, 0.5) is 4.79 Å². The molecular formula is C32H38N4O2. The zero-order valence-corrected chi connectivity index (χ0v) is 22.3. The van der Waals surface area contributed by atoms with Crippen molar-refractivity contribution in [1.29, 1.82) is 0 Å². The van der Waals surface area contributed by atoms with Crippen molar-refractivity contribution in [3.8, 4) is 11.1 Å². The first-order chi connectivity index (χ1) is 18.6. The third-order valence-electron chi connectivity index (χ3n) is 7.93. The SMILES string of the molecule is CN(C(=O)N1CC[C@H](NC(=O)c2ccc(-c3ccccc3)cc2)C1)C1CCN(CCCc2ccccc2)C1. The standard InChI is InChI=1S/C32H38N4O2/c1-34(30-19-21-35(24-30)20-8-11-25-9-4-2-5-10-25)32(38)36-22-18-29(23-36)33-31(37)28-16-14-27(15-17-28)26-12-6-3-7-13-26/h2-7,9-10,12-17,29-30H,8,11,18-24H2,1H3,(H,33,37)/t29-,30?/m0/s1. The highest BCUT2D eigenvalue weighted by Crippen LogP contribution is 2.21. The minimum absolute atomic E-state index is 0.0216. The van der Waals surface area contributed by atoms with Crippen LogP contribution in [0.5, 0.6) is 0 Å². The average molecular weight is 511 g/mol. The molecule has 2 fully saturated rings. The van der Waals surface area contributed by atoms with Crippen molar-refractivity contribution < 1.29 is 9.59 Å². The zero-order chi connectivity index (χ0) is 26.3. The molecule has 1 unspecified atom stereocenters. The van der Waals surface area contributed by atoms with Gasteiger partial charge < -0.3 is 20.0 Å². The van der Waals surface area contributed by atoms with Gasteiger partial charge >= 0.3 is 6.03 Å². The summed E-state index contributed by atoms with van der Waals surface area (Å²) in [6, 6.07) is 28.8. The third-order valence-corrected chi connectivity index (χ3v) is 7.93. The van der Waals surface area contributed by atoms with Gasteiger partial charge in [0.25, 0.3) is 5.91 Å². The molecule has 3 aromatic carbocycles. The van der Waals surface area contributed by atoms with E-state index in [0.29, 0.717) is 18.7 Å². The van der Waals surface area contributed by atoms with Gasteiger partial charge in [0.15, 0.2) is 0 Å². The summed E-state index contributed by atoms with van der Waals surface area (Å²) >= 11 is 0. The van der Waals surface area contributed by atoms with Gasteiger partial charge in [-0.1, -0.05) is 72.8 Å². The molecule has 6 heteroatoms. The molecular weight excluding hydrogens is 472 g/mol. The Labute approximate surface area is 226 Å². The monoisotopic (exact) mass is 510 g/mol. The van der Waals surface area contributed by atoms with E-state index in [0.717, 1.165) is 56.4 Å². The number of likely N-dealkylation sites (tertiary alicyclic amines) is 2. The Bertz CT molecular complexity index is 1200. The molecule has 2 saturated heterocycles. The number of carbonyl (C=O) groups is 2. The number of amides is 3. The maximum atomic E-state index is 13.2. The van der Waals surface area contributed by atoms with E-state index in [4.69, 9.17) is 0 Å². The highest BCUT2D eigenvalue weighted by molar-refractivity contribution is 5.95. The number of hydrogen-bond donors (Lipinski definition) is 1. The van der Waals surface area contributed by atoms with Crippen molar-refractivity contribution in [2.75, 3.05) is 39.8 Å². The second-order valence-corrected chi connectivity index (χ2v) is 10.6. The third kappa shape index (κ3) is 6.43. The summed E-state index contributed by atoms with van der Waals surface area (Å²) in [4.78, 5) is 32.4. The van der Waals surface area contributed by atoms with Crippen LogP contribution in [0.2, 0.25) is 0 Å². The van der Waals surface area contributed by atoms with E-state index in [1.54, 1.807) is 0 Å². The van der Waals surface area contributed by atoms with Crippen LogP contribution in [0.25, 0.3) is 11.1 Å². The first kappa shape index (κ1) is 26.0. The van der Waals surface area contributed by atoms with Gasteiger partial charge in [-0.05, 0) is 61.1 Å². The van der Waals surface area contributed by atoms with E-state index in [2.05, 4.69) is 52.7 Å². The van der Waals surface area contributed by atoms with Crippen molar-refractivity contribution in [1.82, 2.24) is 20.0 Å². The lowest BCUT2D eigenvalue weighted by molar-refractivity contribution is 0.0936. The molecule has 3 aromatic rings. The van der Waals surface area contributed by atoms with E-state index in [1.807, 2.05) is 59.3 Å². The van der Waals surface area contributed by atoms with Crippen molar-refractivity contribution in [3.05, 3.63) is 96.1 Å². The number of rotatable bonds is 8. The first-order valence-electron chi connectivity index (χ1n) is 13.8. The van der Waals surface area contributed by atoms with Crippen LogP contribution in [-0.2, 0) is 6.42 Å². The Morgan fingerprint density at radius 3 is 2.26 bits per heavy atom. The molecule has 0 aliphatic carbocycles. The predicted molar refractivity (Wildman–Crippen MR) is 152 cm³/mol. The Morgan fingerprint density at radius 2 is 1.53 bits per heavy atom. The molecule has 0 bridgehead atoms. The Balaban J connectivity index is 1.06. The Kier molecular flexibility index (Phi) is 8.39. The van der Waals surface area contributed by atoms with E-state index in [9.17, 15) is 9.59 Å². The fourth-order valence-electron chi connectivity index (χ4n) is 5.63. The minimum atomic E-state index is -0.0841. The molecule has 2 atom stereocenters. The Hall–Kier alpha value is -3.64. The molecule has 6 nitrogen and oxygen atoms in total. The molecule has 0 saturated carbocycles. The van der Waals surface area contributed by atoms with Crippen LogP contribution in [0.15, 0.2) is 84.9 Å². The molecule has 0 spiro atoms. The summed E-state index contributed by atoms with van der Waals surface area (Å²) in [5.41, 5.74) is 4.25. The van der Waals surface area contributed by atoms with E-state index < -0.39 is 0 Å². The lowest BCUT2D eigenvalue weighted by Crippen LogP contribution is -2.47. The number of aryl methyl sites for hydroxylation is 1. The summed E-state index contributed by atoms with van der Waals surface area (Å²) in [5.74, 6) is -0.0841. The van der Waals surface area contributed by atoms with Gasteiger partial charge in [0, 0.05) is 50.9 Å². The largest absolute Gasteiger partial charge is 0.347 e. The number of benzene rings is 3. The maximum absolute atomic E-state index is 13.2. The topological polar surface area (TPSA) is 55.9 Å². The summed E-state index contributed by atoms with van der Waals surface area (Å²) < 4.78 is 0. The van der Waals surface area contributed by atoms with Gasteiger partial charge in [0.2, 0.25) is 0 Å². The molecule has 2 aliphatic heterocycles. The highest BCUT2D eigenvalue weighted by Gasteiger charge is 2.34. The minimum Gasteiger partial charge on any atom is -0.347 e. The van der Waals surface area contributed by atoms with Gasteiger partial charge in [-0.15, -0.1) is 0 Å². The zero-order valence-electron chi connectivity index (χ0n) is 22.3. The van der Waals surface area contributed by atoms with Crippen LogP contribution in [0.1, 0.15) is 35.2 Å². The number of nitrogens with one attached hydrogen (secondary N) is 1. The molecule has 5 rings (SSSR count). The van der Waals surface area contributed by atoms with E-state index >= 15 is 0 Å². The lowest BCUT2D eigenvalue weighted by Gasteiger charge is -2.29. The quantitative estimate of drug-likeness (QED) is 0.468. The molecule has 0 radical (unpaired) electrons. The van der Waals surface area contributed by atoms with Crippen molar-refractivity contribution in [3.63, 3.8) is 0 Å². The van der Waals surface area contributed by atoms with Crippen molar-refractivity contribution in [2.24, 2.45) is 0 Å². The molecule has 3 amide bonds. The van der Waals surface area contributed by atoms with Crippen LogP contribution in [-0.4, -0.2) is 78.5 Å². The smallest absolute Gasteiger partial charge is 0.320 e. The lowest BCUT2D eigenvalue weighted by atomic mass is 10.0. The van der Waals surface area contributed by atoms with Gasteiger partial charge in [0.05, 0.1) is 0 Å². The fourth-order valence-corrected chi connectivity index (χ4v) is 5.63. The van der Waals surface area contributed by atoms with Gasteiger partial charge in [-0.25, -0.2) is 4.79 Å². The first-order valence-corrected chi connectivity index (χ1v) is 13.8. The molecule has 1 N–H and O–H groups in total. The summed E-state index contributed by atoms with van der Waals surface area (Å²) in [6.45, 7) is 4.28.